The summed E-state index contributed by atoms with van der Waals surface area (Å²) < 4.78 is 11.4. The van der Waals surface area contributed by atoms with Crippen molar-refractivity contribution >= 4 is 11.8 Å². The predicted octanol–water partition coefficient (Wildman–Crippen LogP) is 1.39. The van der Waals surface area contributed by atoms with Crippen molar-refractivity contribution in [2.75, 3.05) is 13.2 Å². The number of ether oxygens (including phenoxy) is 2. The Balaban J connectivity index is 1.61. The second-order valence-electron chi connectivity index (χ2n) is 6.43. The zero-order valence-corrected chi connectivity index (χ0v) is 14.8. The summed E-state index contributed by atoms with van der Waals surface area (Å²) in [5, 5.41) is 12.5. The van der Waals surface area contributed by atoms with Crippen molar-refractivity contribution in [2.24, 2.45) is 5.73 Å². The Labute approximate surface area is 157 Å². The Morgan fingerprint density at radius 3 is 2.70 bits per heavy atom. The molecule has 0 spiro atoms. The molecule has 0 aliphatic carbocycles. The van der Waals surface area contributed by atoms with Crippen LogP contribution in [0.25, 0.3) is 0 Å². The number of carbonyl (C=O) groups excluding carboxylic acids is 2. The molecule has 0 saturated carbocycles. The summed E-state index contributed by atoms with van der Waals surface area (Å²) in [6, 6.07) is 12.9. The van der Waals surface area contributed by atoms with Gasteiger partial charge in [-0.05, 0) is 48.4 Å². The first-order chi connectivity index (χ1) is 13.0. The van der Waals surface area contributed by atoms with E-state index in [-0.39, 0.29) is 30.2 Å². The second kappa shape index (κ2) is 8.55. The second-order valence-corrected chi connectivity index (χ2v) is 6.43. The Hall–Kier alpha value is -3.06. The minimum absolute atomic E-state index is 0.131. The van der Waals surface area contributed by atoms with Gasteiger partial charge in [-0.25, -0.2) is 0 Å². The van der Waals surface area contributed by atoms with Crippen molar-refractivity contribution in [2.45, 2.75) is 25.0 Å². The number of amides is 2. The highest BCUT2D eigenvalue weighted by Crippen LogP contribution is 2.19. The van der Waals surface area contributed by atoms with Gasteiger partial charge < -0.3 is 25.6 Å². The average molecular weight is 370 g/mol. The Kier molecular flexibility index (Phi) is 5.93. The molecule has 4 N–H and O–H groups in total. The van der Waals surface area contributed by atoms with Gasteiger partial charge in [-0.3, -0.25) is 9.59 Å². The number of rotatable bonds is 6. The molecular weight excluding hydrogens is 348 g/mol. The van der Waals surface area contributed by atoms with Gasteiger partial charge in [-0.15, -0.1) is 0 Å². The van der Waals surface area contributed by atoms with Crippen LogP contribution in [-0.4, -0.2) is 42.3 Å². The van der Waals surface area contributed by atoms with Gasteiger partial charge in [-0.1, -0.05) is 12.1 Å². The molecule has 2 aromatic rings. The number of phenols is 1. The number of hydrogen-bond acceptors (Lipinski definition) is 5. The van der Waals surface area contributed by atoms with E-state index in [0.29, 0.717) is 30.9 Å². The van der Waals surface area contributed by atoms with Crippen LogP contribution in [0.1, 0.15) is 22.3 Å². The Bertz CT molecular complexity index is 806. The van der Waals surface area contributed by atoms with Crippen molar-refractivity contribution in [3.8, 4) is 11.5 Å². The summed E-state index contributed by atoms with van der Waals surface area (Å²) in [6.45, 7) is 0.895. The molecule has 2 unspecified atom stereocenters. The van der Waals surface area contributed by atoms with Crippen LogP contribution in [0, 0.1) is 0 Å². The lowest BCUT2D eigenvalue weighted by Crippen LogP contribution is -2.51. The smallest absolute Gasteiger partial charge is 0.248 e. The van der Waals surface area contributed by atoms with Crippen molar-refractivity contribution in [3.05, 3.63) is 59.7 Å². The van der Waals surface area contributed by atoms with Gasteiger partial charge in [-0.2, -0.15) is 0 Å². The SMILES string of the molecule is NC(=O)c1ccc(OC2COCCC2NC(=O)Cc2cccc(O)c2)cc1. The standard InChI is InChI=1S/C20H22N2O5/c21-20(25)14-4-6-16(7-5-14)27-18-12-26-9-8-17(18)22-19(24)11-13-2-1-3-15(23)10-13/h1-7,10,17-18,23H,8-9,11-12H2,(H2,21,25)(H,22,24). The van der Waals surface area contributed by atoms with E-state index in [1.807, 2.05) is 0 Å². The molecule has 0 bridgehead atoms. The summed E-state index contributed by atoms with van der Waals surface area (Å²) in [5.74, 6) is 0.0551. The first-order valence-electron chi connectivity index (χ1n) is 8.73. The molecule has 0 radical (unpaired) electrons. The molecule has 0 aromatic heterocycles. The summed E-state index contributed by atoms with van der Waals surface area (Å²) in [5.41, 5.74) is 6.37. The zero-order valence-electron chi connectivity index (χ0n) is 14.8. The monoisotopic (exact) mass is 370 g/mol. The van der Waals surface area contributed by atoms with E-state index in [1.165, 1.54) is 0 Å². The van der Waals surface area contributed by atoms with Crippen LogP contribution in [0.4, 0.5) is 0 Å². The lowest BCUT2D eigenvalue weighted by atomic mass is 10.0. The third-order valence-electron chi connectivity index (χ3n) is 4.35. The number of benzene rings is 2. The van der Waals surface area contributed by atoms with Crippen LogP contribution < -0.4 is 15.8 Å². The topological polar surface area (TPSA) is 111 Å². The minimum atomic E-state index is -0.500. The third-order valence-corrected chi connectivity index (χ3v) is 4.35. The maximum atomic E-state index is 12.4. The molecular formula is C20H22N2O5. The van der Waals surface area contributed by atoms with Crippen LogP contribution >= 0.6 is 0 Å². The molecule has 2 atom stereocenters. The van der Waals surface area contributed by atoms with Crippen molar-refractivity contribution in [3.63, 3.8) is 0 Å². The number of nitrogens with one attached hydrogen (secondary N) is 1. The lowest BCUT2D eigenvalue weighted by molar-refractivity contribution is -0.123. The van der Waals surface area contributed by atoms with Crippen molar-refractivity contribution in [1.29, 1.82) is 0 Å². The minimum Gasteiger partial charge on any atom is -0.508 e. The molecule has 7 heteroatoms. The maximum Gasteiger partial charge on any atom is 0.248 e. The summed E-state index contributed by atoms with van der Waals surface area (Å²) >= 11 is 0. The highest BCUT2D eigenvalue weighted by Gasteiger charge is 2.29. The summed E-state index contributed by atoms with van der Waals surface area (Å²) in [7, 11) is 0. The largest absolute Gasteiger partial charge is 0.508 e. The Morgan fingerprint density at radius 2 is 2.00 bits per heavy atom. The average Bonchev–Trinajstić information content (AvgIpc) is 2.64. The number of aromatic hydroxyl groups is 1. The van der Waals surface area contributed by atoms with Gasteiger partial charge in [0.15, 0.2) is 0 Å². The molecule has 3 rings (SSSR count). The third kappa shape index (κ3) is 5.21. The van der Waals surface area contributed by atoms with Crippen molar-refractivity contribution in [1.82, 2.24) is 5.32 Å². The van der Waals surface area contributed by atoms with E-state index in [9.17, 15) is 14.7 Å². The van der Waals surface area contributed by atoms with Crippen LogP contribution in [-0.2, 0) is 16.0 Å². The number of phenolic OH excluding ortho intramolecular Hbond substituents is 1. The molecule has 1 saturated heterocycles. The van der Waals surface area contributed by atoms with E-state index < -0.39 is 5.91 Å². The fourth-order valence-electron chi connectivity index (χ4n) is 2.98. The fraction of sp³-hybridized carbons (Fsp3) is 0.300. The van der Waals surface area contributed by atoms with Crippen LogP contribution in [0.2, 0.25) is 0 Å². The van der Waals surface area contributed by atoms with Crippen LogP contribution in [0.5, 0.6) is 11.5 Å². The molecule has 2 amide bonds. The van der Waals surface area contributed by atoms with Gasteiger partial charge in [0.05, 0.1) is 19.1 Å². The number of hydrogen-bond donors (Lipinski definition) is 3. The lowest BCUT2D eigenvalue weighted by Gasteiger charge is -2.32. The van der Waals surface area contributed by atoms with Gasteiger partial charge in [0, 0.05) is 12.2 Å². The van der Waals surface area contributed by atoms with Crippen LogP contribution in [0.3, 0.4) is 0 Å². The molecule has 1 aliphatic heterocycles. The molecule has 142 valence electrons. The van der Waals surface area contributed by atoms with E-state index in [4.69, 9.17) is 15.2 Å². The number of carbonyl (C=O) groups is 2. The fourth-order valence-corrected chi connectivity index (χ4v) is 2.98. The summed E-state index contributed by atoms with van der Waals surface area (Å²) in [6.07, 6.45) is 0.466. The van der Waals surface area contributed by atoms with E-state index in [2.05, 4.69) is 5.32 Å². The highest BCUT2D eigenvalue weighted by atomic mass is 16.5. The van der Waals surface area contributed by atoms with Gasteiger partial charge >= 0.3 is 0 Å². The van der Waals surface area contributed by atoms with Gasteiger partial charge in [0.1, 0.15) is 17.6 Å². The summed E-state index contributed by atoms with van der Waals surface area (Å²) in [4.78, 5) is 23.5. The number of nitrogens with two attached hydrogens (primary N) is 1. The van der Waals surface area contributed by atoms with Crippen molar-refractivity contribution < 1.29 is 24.2 Å². The first kappa shape index (κ1) is 18.7. The molecule has 1 heterocycles. The molecule has 2 aromatic carbocycles. The van der Waals surface area contributed by atoms with E-state index in [0.717, 1.165) is 5.56 Å². The molecule has 27 heavy (non-hydrogen) atoms. The molecule has 1 aliphatic rings. The quantitative estimate of drug-likeness (QED) is 0.712. The highest BCUT2D eigenvalue weighted by molar-refractivity contribution is 5.92. The van der Waals surface area contributed by atoms with E-state index in [1.54, 1.807) is 48.5 Å². The first-order valence-corrected chi connectivity index (χ1v) is 8.73. The zero-order chi connectivity index (χ0) is 19.2. The van der Waals surface area contributed by atoms with Gasteiger partial charge in [0.2, 0.25) is 11.8 Å². The Morgan fingerprint density at radius 1 is 1.22 bits per heavy atom. The van der Waals surface area contributed by atoms with E-state index >= 15 is 0 Å². The molecule has 1 fully saturated rings. The van der Waals surface area contributed by atoms with Gasteiger partial charge in [0.25, 0.3) is 0 Å². The number of primary amides is 1. The normalized spacial score (nSPS) is 19.3. The van der Waals surface area contributed by atoms with Crippen LogP contribution in [0.15, 0.2) is 48.5 Å². The molecule has 7 nitrogen and oxygen atoms in total. The maximum absolute atomic E-state index is 12.4. The predicted molar refractivity (Wildman–Crippen MR) is 98.6 cm³/mol.